The van der Waals surface area contributed by atoms with Crippen LogP contribution in [-0.2, 0) is 0 Å². The number of rotatable bonds is 3. The minimum atomic E-state index is -0.385. The molecule has 4 nitrogen and oxygen atoms in total. The van der Waals surface area contributed by atoms with Gasteiger partial charge in [-0.05, 0) is 13.0 Å². The number of nitrogens with zero attached hydrogens (tertiary/aromatic N) is 3. The van der Waals surface area contributed by atoms with Crippen LogP contribution in [0.2, 0.25) is 0 Å². The van der Waals surface area contributed by atoms with E-state index < -0.39 is 0 Å². The number of hydrogen-bond acceptors (Lipinski definition) is 4. The van der Waals surface area contributed by atoms with Crippen LogP contribution in [0.1, 0.15) is 6.92 Å². The molecule has 0 fully saturated rings. The molecule has 0 aliphatic heterocycles. The summed E-state index contributed by atoms with van der Waals surface area (Å²) in [5.41, 5.74) is 1.26. The molecule has 0 spiro atoms. The number of hydrogen-bond donors (Lipinski definition) is 1. The molecule has 100 valence electrons. The predicted molar refractivity (Wildman–Crippen MR) is 76.9 cm³/mol. The lowest BCUT2D eigenvalue weighted by Crippen LogP contribution is -2.03. The van der Waals surface area contributed by atoms with Crippen LogP contribution in [0.15, 0.2) is 42.7 Å². The van der Waals surface area contributed by atoms with Gasteiger partial charge < -0.3 is 5.32 Å². The SMILES string of the molecule is CCNc1nnc(-c2cncc(F)c2)c2ccccc12. The van der Waals surface area contributed by atoms with Crippen molar-refractivity contribution in [2.45, 2.75) is 6.92 Å². The highest BCUT2D eigenvalue weighted by Crippen LogP contribution is 2.29. The highest BCUT2D eigenvalue weighted by atomic mass is 19.1. The Morgan fingerprint density at radius 1 is 1.10 bits per heavy atom. The summed E-state index contributed by atoms with van der Waals surface area (Å²) in [5.74, 6) is 0.348. The third-order valence-electron chi connectivity index (χ3n) is 3.01. The molecule has 5 heteroatoms. The first-order valence-corrected chi connectivity index (χ1v) is 6.40. The fourth-order valence-electron chi connectivity index (χ4n) is 2.16. The monoisotopic (exact) mass is 268 g/mol. The topological polar surface area (TPSA) is 50.7 Å². The summed E-state index contributed by atoms with van der Waals surface area (Å²) in [7, 11) is 0. The maximum Gasteiger partial charge on any atom is 0.156 e. The highest BCUT2D eigenvalue weighted by Gasteiger charge is 2.11. The summed E-state index contributed by atoms with van der Waals surface area (Å²) < 4.78 is 13.3. The van der Waals surface area contributed by atoms with Crippen LogP contribution >= 0.6 is 0 Å². The van der Waals surface area contributed by atoms with Crippen LogP contribution in [0.5, 0.6) is 0 Å². The molecular weight excluding hydrogens is 255 g/mol. The molecule has 0 atom stereocenters. The van der Waals surface area contributed by atoms with Crippen molar-refractivity contribution in [1.29, 1.82) is 0 Å². The van der Waals surface area contributed by atoms with Crippen LogP contribution < -0.4 is 5.32 Å². The van der Waals surface area contributed by atoms with E-state index in [1.165, 1.54) is 12.3 Å². The van der Waals surface area contributed by atoms with Gasteiger partial charge in [-0.15, -0.1) is 10.2 Å². The Bertz CT molecular complexity index is 758. The maximum atomic E-state index is 13.3. The largest absolute Gasteiger partial charge is 0.368 e. The molecule has 1 N–H and O–H groups in total. The van der Waals surface area contributed by atoms with E-state index in [9.17, 15) is 4.39 Å². The van der Waals surface area contributed by atoms with Gasteiger partial charge in [0.25, 0.3) is 0 Å². The smallest absolute Gasteiger partial charge is 0.156 e. The van der Waals surface area contributed by atoms with Gasteiger partial charge in [0.1, 0.15) is 11.5 Å². The highest BCUT2D eigenvalue weighted by molar-refractivity contribution is 5.99. The third kappa shape index (κ3) is 2.18. The minimum absolute atomic E-state index is 0.385. The molecular formula is C15H13FN4. The average Bonchev–Trinajstić information content (AvgIpc) is 2.48. The van der Waals surface area contributed by atoms with Crippen LogP contribution in [0.25, 0.3) is 22.0 Å². The van der Waals surface area contributed by atoms with Crippen LogP contribution in [0.4, 0.5) is 10.2 Å². The van der Waals surface area contributed by atoms with Gasteiger partial charge >= 0.3 is 0 Å². The van der Waals surface area contributed by atoms with Gasteiger partial charge in [0.2, 0.25) is 0 Å². The normalized spacial score (nSPS) is 10.7. The number of aromatic nitrogens is 3. The van der Waals surface area contributed by atoms with E-state index in [1.807, 2.05) is 31.2 Å². The van der Waals surface area contributed by atoms with Crippen molar-refractivity contribution in [1.82, 2.24) is 15.2 Å². The molecule has 3 rings (SSSR count). The number of nitrogens with one attached hydrogen (secondary N) is 1. The molecule has 3 aromatic rings. The zero-order valence-corrected chi connectivity index (χ0v) is 11.0. The Labute approximate surface area is 115 Å². The minimum Gasteiger partial charge on any atom is -0.368 e. The molecule has 0 aliphatic carbocycles. The van der Waals surface area contributed by atoms with Crippen LogP contribution in [0.3, 0.4) is 0 Å². The molecule has 0 radical (unpaired) electrons. The Kier molecular flexibility index (Phi) is 3.25. The van der Waals surface area contributed by atoms with Crippen molar-refractivity contribution in [2.24, 2.45) is 0 Å². The number of halogens is 1. The first-order valence-electron chi connectivity index (χ1n) is 6.40. The van der Waals surface area contributed by atoms with E-state index in [4.69, 9.17) is 0 Å². The Balaban J connectivity index is 2.25. The van der Waals surface area contributed by atoms with Gasteiger partial charge in [0.15, 0.2) is 5.82 Å². The molecule has 20 heavy (non-hydrogen) atoms. The molecule has 0 saturated heterocycles. The second kappa shape index (κ2) is 5.21. The summed E-state index contributed by atoms with van der Waals surface area (Å²) in [6.45, 7) is 2.76. The van der Waals surface area contributed by atoms with E-state index in [0.717, 1.165) is 23.1 Å². The van der Waals surface area contributed by atoms with Crippen LogP contribution in [-0.4, -0.2) is 21.7 Å². The second-order valence-corrected chi connectivity index (χ2v) is 4.36. The lowest BCUT2D eigenvalue weighted by molar-refractivity contribution is 0.622. The quantitative estimate of drug-likeness (QED) is 0.792. The number of fused-ring (bicyclic) bond motifs is 1. The maximum absolute atomic E-state index is 13.3. The van der Waals surface area contributed by atoms with Gasteiger partial charge in [-0.3, -0.25) is 4.98 Å². The van der Waals surface area contributed by atoms with Crippen molar-refractivity contribution in [3.05, 3.63) is 48.5 Å². The van der Waals surface area contributed by atoms with E-state index >= 15 is 0 Å². The van der Waals surface area contributed by atoms with Crippen molar-refractivity contribution in [3.63, 3.8) is 0 Å². The van der Waals surface area contributed by atoms with Crippen molar-refractivity contribution >= 4 is 16.6 Å². The fraction of sp³-hybridized carbons (Fsp3) is 0.133. The summed E-state index contributed by atoms with van der Waals surface area (Å²) in [4.78, 5) is 3.87. The van der Waals surface area contributed by atoms with Gasteiger partial charge in [0, 0.05) is 29.1 Å². The third-order valence-corrected chi connectivity index (χ3v) is 3.01. The van der Waals surface area contributed by atoms with Crippen molar-refractivity contribution in [3.8, 4) is 11.3 Å². The van der Waals surface area contributed by atoms with Gasteiger partial charge in [0.05, 0.1) is 6.20 Å². The molecule has 0 saturated carbocycles. The fourth-order valence-corrected chi connectivity index (χ4v) is 2.16. The van der Waals surface area contributed by atoms with E-state index in [-0.39, 0.29) is 5.82 Å². The Hall–Kier alpha value is -2.56. The van der Waals surface area contributed by atoms with Gasteiger partial charge in [-0.2, -0.15) is 0 Å². The molecule has 0 bridgehead atoms. The Morgan fingerprint density at radius 2 is 1.90 bits per heavy atom. The summed E-state index contributed by atoms with van der Waals surface area (Å²) in [5, 5.41) is 13.5. The lowest BCUT2D eigenvalue weighted by atomic mass is 10.1. The molecule has 1 aromatic carbocycles. The number of anilines is 1. The summed E-state index contributed by atoms with van der Waals surface area (Å²) in [6, 6.07) is 9.20. The van der Waals surface area contributed by atoms with Gasteiger partial charge in [-0.1, -0.05) is 24.3 Å². The van der Waals surface area contributed by atoms with Gasteiger partial charge in [-0.25, -0.2) is 4.39 Å². The van der Waals surface area contributed by atoms with Crippen LogP contribution in [0, 0.1) is 5.82 Å². The molecule has 0 unspecified atom stereocenters. The van der Waals surface area contributed by atoms with E-state index in [2.05, 4.69) is 20.5 Å². The summed E-state index contributed by atoms with van der Waals surface area (Å²) >= 11 is 0. The predicted octanol–water partition coefficient (Wildman–Crippen LogP) is 3.26. The first kappa shape index (κ1) is 12.5. The molecule has 2 aromatic heterocycles. The van der Waals surface area contributed by atoms with Crippen molar-refractivity contribution in [2.75, 3.05) is 11.9 Å². The molecule has 2 heterocycles. The molecule has 0 amide bonds. The zero-order chi connectivity index (χ0) is 13.9. The first-order chi connectivity index (χ1) is 9.79. The molecule has 0 aliphatic rings. The zero-order valence-electron chi connectivity index (χ0n) is 11.0. The van der Waals surface area contributed by atoms with E-state index in [1.54, 1.807) is 6.20 Å². The summed E-state index contributed by atoms with van der Waals surface area (Å²) in [6.07, 6.45) is 2.76. The number of benzene rings is 1. The number of pyridine rings is 1. The van der Waals surface area contributed by atoms with E-state index in [0.29, 0.717) is 11.3 Å². The second-order valence-electron chi connectivity index (χ2n) is 4.36. The Morgan fingerprint density at radius 3 is 2.65 bits per heavy atom. The lowest BCUT2D eigenvalue weighted by Gasteiger charge is -2.09. The average molecular weight is 268 g/mol. The van der Waals surface area contributed by atoms with Crippen molar-refractivity contribution < 1.29 is 4.39 Å². The standard InChI is InChI=1S/C15H13FN4/c1-2-18-15-13-6-4-3-5-12(13)14(19-20-15)10-7-11(16)9-17-8-10/h3-9H,2H2,1H3,(H,18,20).